The van der Waals surface area contributed by atoms with Gasteiger partial charge in [0, 0.05) is 6.54 Å². The van der Waals surface area contributed by atoms with Gasteiger partial charge in [-0.05, 0) is 24.0 Å². The molecule has 1 aromatic carbocycles. The molecule has 0 radical (unpaired) electrons. The fourth-order valence-electron chi connectivity index (χ4n) is 2.53. The molecule has 1 atom stereocenters. The second-order valence-electron chi connectivity index (χ2n) is 4.48. The van der Waals surface area contributed by atoms with E-state index in [4.69, 9.17) is 4.74 Å². The number of aromatic nitrogens is 2. The van der Waals surface area contributed by atoms with Crippen molar-refractivity contribution in [2.45, 2.75) is 25.8 Å². The van der Waals surface area contributed by atoms with Crippen molar-refractivity contribution in [3.63, 3.8) is 0 Å². The Balaban J connectivity index is 2.48. The van der Waals surface area contributed by atoms with Crippen LogP contribution in [0.3, 0.4) is 0 Å². The van der Waals surface area contributed by atoms with E-state index in [0.29, 0.717) is 5.92 Å². The monoisotopic (exact) mass is 230 g/mol. The van der Waals surface area contributed by atoms with Gasteiger partial charge in [-0.3, -0.25) is 4.79 Å². The van der Waals surface area contributed by atoms with Crippen molar-refractivity contribution in [3.05, 3.63) is 34.1 Å². The molecule has 4 heteroatoms. The number of hydrogen-bond donors (Lipinski definition) is 0. The van der Waals surface area contributed by atoms with E-state index in [9.17, 15) is 4.79 Å². The van der Waals surface area contributed by atoms with Gasteiger partial charge < -0.3 is 9.30 Å². The van der Waals surface area contributed by atoms with Gasteiger partial charge in [0.15, 0.2) is 0 Å². The Labute approximate surface area is 98.9 Å². The van der Waals surface area contributed by atoms with Gasteiger partial charge in [0.2, 0.25) is 0 Å². The number of ether oxygens (including phenoxy) is 1. The molecule has 2 heterocycles. The Hall–Kier alpha value is -1.84. The lowest BCUT2D eigenvalue weighted by atomic mass is 9.93. The molecule has 17 heavy (non-hydrogen) atoms. The molecule has 0 spiro atoms. The predicted molar refractivity (Wildman–Crippen MR) is 65.6 cm³/mol. The second-order valence-corrected chi connectivity index (χ2v) is 4.48. The minimum absolute atomic E-state index is 0.126. The van der Waals surface area contributed by atoms with E-state index < -0.39 is 0 Å². The molecule has 0 fully saturated rings. The summed E-state index contributed by atoms with van der Waals surface area (Å²) in [4.78, 5) is 16.4. The zero-order chi connectivity index (χ0) is 12.0. The normalized spacial score (nSPS) is 18.4. The fourth-order valence-corrected chi connectivity index (χ4v) is 2.53. The zero-order valence-corrected chi connectivity index (χ0v) is 9.93. The van der Waals surface area contributed by atoms with E-state index in [1.807, 2.05) is 12.1 Å². The van der Waals surface area contributed by atoms with Crippen molar-refractivity contribution in [2.75, 3.05) is 7.11 Å². The molecular formula is C13H14N2O2. The average molecular weight is 230 g/mol. The smallest absolute Gasteiger partial charge is 0.313 e. The molecular weight excluding hydrogens is 216 g/mol. The quantitative estimate of drug-likeness (QED) is 0.751. The first-order valence-corrected chi connectivity index (χ1v) is 5.80. The lowest BCUT2D eigenvalue weighted by Crippen LogP contribution is -2.27. The highest BCUT2D eigenvalue weighted by Crippen LogP contribution is 2.31. The molecule has 1 unspecified atom stereocenters. The lowest BCUT2D eigenvalue weighted by Gasteiger charge is -2.24. The van der Waals surface area contributed by atoms with E-state index in [1.54, 1.807) is 4.57 Å². The van der Waals surface area contributed by atoms with Crippen molar-refractivity contribution in [2.24, 2.45) is 0 Å². The molecule has 0 bridgehead atoms. The Morgan fingerprint density at radius 3 is 3.06 bits per heavy atom. The third kappa shape index (κ3) is 1.37. The van der Waals surface area contributed by atoms with Crippen molar-refractivity contribution < 1.29 is 4.74 Å². The van der Waals surface area contributed by atoms with Gasteiger partial charge in [-0.2, -0.15) is 0 Å². The maximum Gasteiger partial charge on any atom is 0.313 e. The topological polar surface area (TPSA) is 44.1 Å². The van der Waals surface area contributed by atoms with Crippen LogP contribution in [-0.2, 0) is 6.54 Å². The maximum atomic E-state index is 12.1. The van der Waals surface area contributed by atoms with E-state index in [1.165, 1.54) is 12.7 Å². The van der Waals surface area contributed by atoms with Gasteiger partial charge in [0.1, 0.15) is 0 Å². The number of rotatable bonds is 1. The lowest BCUT2D eigenvalue weighted by molar-refractivity contribution is 0.385. The van der Waals surface area contributed by atoms with Crippen molar-refractivity contribution in [1.29, 1.82) is 0 Å². The molecule has 1 aliphatic rings. The van der Waals surface area contributed by atoms with Crippen molar-refractivity contribution in [1.82, 2.24) is 9.55 Å². The molecule has 0 saturated carbocycles. The summed E-state index contributed by atoms with van der Waals surface area (Å²) < 4.78 is 6.83. The van der Waals surface area contributed by atoms with Gasteiger partial charge in [-0.15, -0.1) is 0 Å². The molecule has 88 valence electrons. The number of hydrogen-bond acceptors (Lipinski definition) is 3. The SMILES string of the molecule is COc1nc2cccc3c2n(c1=O)CCC3C. The maximum absolute atomic E-state index is 12.1. The first kappa shape index (κ1) is 10.3. The molecule has 4 nitrogen and oxygen atoms in total. The highest BCUT2D eigenvalue weighted by molar-refractivity contribution is 5.80. The largest absolute Gasteiger partial charge is 0.477 e. The summed E-state index contributed by atoms with van der Waals surface area (Å²) in [6, 6.07) is 5.99. The third-order valence-corrected chi connectivity index (χ3v) is 3.48. The first-order valence-electron chi connectivity index (χ1n) is 5.80. The summed E-state index contributed by atoms with van der Waals surface area (Å²) in [5, 5.41) is 0. The molecule has 2 aromatic rings. The van der Waals surface area contributed by atoms with Crippen LogP contribution in [0.5, 0.6) is 5.88 Å². The van der Waals surface area contributed by atoms with Crippen LogP contribution < -0.4 is 10.3 Å². The van der Waals surface area contributed by atoms with E-state index in [2.05, 4.69) is 18.0 Å². The van der Waals surface area contributed by atoms with Gasteiger partial charge >= 0.3 is 5.56 Å². The Morgan fingerprint density at radius 2 is 2.29 bits per heavy atom. The van der Waals surface area contributed by atoms with Gasteiger partial charge in [0.05, 0.1) is 18.1 Å². The first-order chi connectivity index (χ1) is 8.22. The Bertz CT molecular complexity index is 646. The number of benzene rings is 1. The summed E-state index contributed by atoms with van der Waals surface area (Å²) >= 11 is 0. The Morgan fingerprint density at radius 1 is 1.47 bits per heavy atom. The molecule has 3 rings (SSSR count). The predicted octanol–water partition coefficient (Wildman–Crippen LogP) is 1.91. The molecule has 0 amide bonds. The molecule has 1 aromatic heterocycles. The van der Waals surface area contributed by atoms with Crippen LogP contribution in [0.25, 0.3) is 11.0 Å². The zero-order valence-electron chi connectivity index (χ0n) is 9.93. The minimum atomic E-state index is -0.126. The van der Waals surface area contributed by atoms with E-state index in [0.717, 1.165) is 24.0 Å². The summed E-state index contributed by atoms with van der Waals surface area (Å²) in [5.74, 6) is 0.664. The molecule has 0 saturated heterocycles. The van der Waals surface area contributed by atoms with Gasteiger partial charge in [-0.1, -0.05) is 19.1 Å². The summed E-state index contributed by atoms with van der Waals surface area (Å²) in [6.45, 7) is 2.93. The highest BCUT2D eigenvalue weighted by atomic mass is 16.5. The average Bonchev–Trinajstić information content (AvgIpc) is 2.36. The molecule has 0 aliphatic carbocycles. The van der Waals surface area contributed by atoms with Crippen LogP contribution in [0.1, 0.15) is 24.8 Å². The second kappa shape index (κ2) is 3.58. The van der Waals surface area contributed by atoms with E-state index in [-0.39, 0.29) is 11.4 Å². The van der Waals surface area contributed by atoms with Gasteiger partial charge in [-0.25, -0.2) is 4.98 Å². The molecule has 0 N–H and O–H groups in total. The minimum Gasteiger partial charge on any atom is -0.477 e. The van der Waals surface area contributed by atoms with Crippen molar-refractivity contribution >= 4 is 11.0 Å². The van der Waals surface area contributed by atoms with Crippen LogP contribution >= 0.6 is 0 Å². The third-order valence-electron chi connectivity index (χ3n) is 3.48. The van der Waals surface area contributed by atoms with Crippen LogP contribution in [-0.4, -0.2) is 16.7 Å². The van der Waals surface area contributed by atoms with Gasteiger partial charge in [0.25, 0.3) is 5.88 Å². The number of nitrogens with zero attached hydrogens (tertiary/aromatic N) is 2. The number of methoxy groups -OCH3 is 1. The van der Waals surface area contributed by atoms with Crippen LogP contribution in [0.2, 0.25) is 0 Å². The van der Waals surface area contributed by atoms with Crippen molar-refractivity contribution in [3.8, 4) is 5.88 Å². The number of aryl methyl sites for hydroxylation is 1. The summed E-state index contributed by atoms with van der Waals surface area (Å²) in [7, 11) is 1.48. The number of para-hydroxylation sites is 1. The summed E-state index contributed by atoms with van der Waals surface area (Å²) in [6.07, 6.45) is 0.985. The van der Waals surface area contributed by atoms with E-state index >= 15 is 0 Å². The fraction of sp³-hybridized carbons (Fsp3) is 0.385. The highest BCUT2D eigenvalue weighted by Gasteiger charge is 2.21. The Kier molecular flexibility index (Phi) is 2.18. The summed E-state index contributed by atoms with van der Waals surface area (Å²) in [5.41, 5.74) is 2.89. The molecule has 1 aliphatic heterocycles. The standard InChI is InChI=1S/C13H14N2O2/c1-8-6-7-15-11-9(8)4-3-5-10(11)14-12(17-2)13(15)16/h3-5,8H,6-7H2,1-2H3. The van der Waals surface area contributed by atoms with Crippen LogP contribution in [0.4, 0.5) is 0 Å². The van der Waals surface area contributed by atoms with Crippen LogP contribution in [0, 0.1) is 0 Å². The van der Waals surface area contributed by atoms with Crippen LogP contribution in [0.15, 0.2) is 23.0 Å².